The summed E-state index contributed by atoms with van der Waals surface area (Å²) in [6.45, 7) is 3.01. The van der Waals surface area contributed by atoms with Crippen molar-refractivity contribution >= 4 is 29.8 Å². The monoisotopic (exact) mass is 447 g/mol. The summed E-state index contributed by atoms with van der Waals surface area (Å²) < 4.78 is 46.4. The van der Waals surface area contributed by atoms with Gasteiger partial charge >= 0.3 is 6.18 Å². The van der Waals surface area contributed by atoms with Crippen LogP contribution in [0.4, 0.5) is 24.5 Å². The Morgan fingerprint density at radius 2 is 1.90 bits per heavy atom. The molecule has 0 aliphatic carbocycles. The van der Waals surface area contributed by atoms with E-state index in [1.165, 1.54) is 18.3 Å². The number of hydrogen-bond acceptors (Lipinski definition) is 7. The molecule has 2 aromatic heterocycles. The summed E-state index contributed by atoms with van der Waals surface area (Å²) >= 11 is 2.83. The first-order valence-electron chi connectivity index (χ1n) is 8.97. The highest BCUT2D eigenvalue weighted by atomic mass is 32.1. The largest absolute Gasteiger partial charge is 0.416 e. The Morgan fingerprint density at radius 3 is 2.65 bits per heavy atom. The molecule has 0 saturated heterocycles. The zero-order valence-corrected chi connectivity index (χ0v) is 17.0. The van der Waals surface area contributed by atoms with Crippen molar-refractivity contribution in [2.75, 3.05) is 10.2 Å². The number of alkyl halides is 3. The number of carbonyl (C=O) groups is 1. The average Bonchev–Trinajstić information content (AvgIpc) is 3.18. The molecule has 3 aromatic rings. The van der Waals surface area contributed by atoms with Gasteiger partial charge in [0.25, 0.3) is 5.91 Å². The summed E-state index contributed by atoms with van der Waals surface area (Å²) in [4.78, 5) is 27.2. The highest BCUT2D eigenvalue weighted by Crippen LogP contribution is 2.31. The molecule has 1 N–H and O–H groups in total. The highest BCUT2D eigenvalue weighted by Gasteiger charge is 2.30. The Balaban J connectivity index is 0.00000132. The smallest absolute Gasteiger partial charge is 0.361 e. The molecule has 7 nitrogen and oxygen atoms in total. The molecule has 0 radical (unpaired) electrons. The summed E-state index contributed by atoms with van der Waals surface area (Å²) in [5.74, 6) is 0.111. The van der Waals surface area contributed by atoms with Crippen LogP contribution in [-0.2, 0) is 31.8 Å². The van der Waals surface area contributed by atoms with Crippen molar-refractivity contribution in [1.82, 2.24) is 15.0 Å². The van der Waals surface area contributed by atoms with Gasteiger partial charge < -0.3 is 10.2 Å². The third-order valence-corrected chi connectivity index (χ3v) is 4.57. The van der Waals surface area contributed by atoms with Crippen molar-refractivity contribution in [3.63, 3.8) is 0 Å². The van der Waals surface area contributed by atoms with Gasteiger partial charge in [-0.15, -0.1) is 0 Å². The van der Waals surface area contributed by atoms with Gasteiger partial charge in [0.2, 0.25) is 0 Å². The van der Waals surface area contributed by atoms with Gasteiger partial charge in [-0.2, -0.15) is 17.4 Å². The van der Waals surface area contributed by atoms with E-state index < -0.39 is 17.6 Å². The number of fused-ring (bicyclic) bond motifs is 1. The first kappa shape index (κ1) is 22.2. The summed E-state index contributed by atoms with van der Waals surface area (Å²) in [5, 5.41) is 2.47. The van der Waals surface area contributed by atoms with E-state index in [9.17, 15) is 18.0 Å². The predicted molar refractivity (Wildman–Crippen MR) is 108 cm³/mol. The summed E-state index contributed by atoms with van der Waals surface area (Å²) in [5.41, 5.74) is 2.05. The molecule has 1 aromatic carbocycles. The molecular weight excluding hydrogens is 431 g/mol. The molecule has 11 heteroatoms. The van der Waals surface area contributed by atoms with E-state index in [0.717, 1.165) is 29.1 Å². The van der Waals surface area contributed by atoms with Crippen molar-refractivity contribution in [3.05, 3.63) is 77.1 Å². The maximum absolute atomic E-state index is 12.9. The van der Waals surface area contributed by atoms with E-state index in [1.54, 1.807) is 18.3 Å². The number of nitrogens with zero attached hydrogens (tertiary/aromatic N) is 4. The van der Waals surface area contributed by atoms with Crippen LogP contribution < -0.4 is 10.2 Å². The number of halogens is 3. The van der Waals surface area contributed by atoms with Crippen molar-refractivity contribution in [2.24, 2.45) is 0 Å². The lowest BCUT2D eigenvalue weighted by atomic mass is 10.2. The van der Waals surface area contributed by atoms with Crippen LogP contribution in [0.15, 0.2) is 48.8 Å². The van der Waals surface area contributed by atoms with Gasteiger partial charge in [0.05, 0.1) is 17.8 Å². The number of anilines is 2. The number of carbonyl (C=O) groups excluding carboxylic acids is 1. The maximum atomic E-state index is 12.9. The number of amides is 1. The Bertz CT molecular complexity index is 1110. The van der Waals surface area contributed by atoms with Crippen molar-refractivity contribution in [3.8, 4) is 0 Å². The number of nitrogens with one attached hydrogen (secondary N) is 1. The third kappa shape index (κ3) is 5.18. The number of aromatic nitrogens is 3. The highest BCUT2D eigenvalue weighted by molar-refractivity contribution is 7.44. The predicted octanol–water partition coefficient (Wildman–Crippen LogP) is 3.64. The Morgan fingerprint density at radius 1 is 1.13 bits per heavy atom. The van der Waals surface area contributed by atoms with Gasteiger partial charge in [-0.1, -0.05) is 6.07 Å². The van der Waals surface area contributed by atoms with E-state index in [4.69, 9.17) is 4.21 Å². The molecule has 3 heterocycles. The van der Waals surface area contributed by atoms with Crippen LogP contribution in [0.25, 0.3) is 0 Å². The number of pyridine rings is 1. The molecule has 0 saturated carbocycles. The standard InChI is InChI=1S/C20H16F3N5O.OS/c1-12-25-9-13-10-28(11-18(13)26-12)16-5-6-24-17(8-16)19(29)27-15-4-2-3-14(7-15)20(21,22)23;1-2/h2-9H,10-11H2,1H3,(H,27,29);. The number of rotatable bonds is 3. The van der Waals surface area contributed by atoms with E-state index in [0.29, 0.717) is 18.9 Å². The SMILES string of the molecule is Cc1ncc2c(n1)CN(c1ccnc(C(=O)Nc3cccc(C(F)(F)F)c3)c1)C2.O=S. The van der Waals surface area contributed by atoms with E-state index >= 15 is 0 Å². The molecule has 1 aliphatic heterocycles. The zero-order chi connectivity index (χ0) is 22.6. The first-order chi connectivity index (χ1) is 14.8. The van der Waals surface area contributed by atoms with Crippen LogP contribution in [0.5, 0.6) is 0 Å². The summed E-state index contributed by atoms with van der Waals surface area (Å²) in [6.07, 6.45) is -1.19. The van der Waals surface area contributed by atoms with Gasteiger partial charge in [0, 0.05) is 35.9 Å². The van der Waals surface area contributed by atoms with Gasteiger partial charge in [0.1, 0.15) is 11.5 Å². The van der Waals surface area contributed by atoms with Crippen LogP contribution in [0.2, 0.25) is 0 Å². The molecule has 0 unspecified atom stereocenters. The van der Waals surface area contributed by atoms with Crippen molar-refractivity contribution in [1.29, 1.82) is 0 Å². The number of aryl methyl sites for hydroxylation is 1. The van der Waals surface area contributed by atoms with E-state index in [-0.39, 0.29) is 11.4 Å². The lowest BCUT2D eigenvalue weighted by Gasteiger charge is -2.17. The molecule has 31 heavy (non-hydrogen) atoms. The second kappa shape index (κ2) is 9.13. The fraction of sp³-hybridized carbons (Fsp3) is 0.200. The quantitative estimate of drug-likeness (QED) is 0.656. The second-order valence-corrected chi connectivity index (χ2v) is 6.68. The van der Waals surface area contributed by atoms with Gasteiger partial charge in [0.15, 0.2) is 12.5 Å². The molecular formula is C20H16F3N5O2S. The zero-order valence-electron chi connectivity index (χ0n) is 16.2. The minimum Gasteiger partial charge on any atom is -0.361 e. The Kier molecular flexibility index (Phi) is 6.54. The average molecular weight is 447 g/mol. The Hall–Kier alpha value is -3.47. The fourth-order valence-electron chi connectivity index (χ4n) is 3.14. The van der Waals surface area contributed by atoms with Crippen LogP contribution in [0.1, 0.15) is 33.1 Å². The lowest BCUT2D eigenvalue weighted by molar-refractivity contribution is -0.137. The normalized spacial score (nSPS) is 12.6. The fourth-order valence-corrected chi connectivity index (χ4v) is 3.14. The molecule has 0 spiro atoms. The number of hydrogen-bond donors (Lipinski definition) is 1. The molecule has 1 amide bonds. The lowest BCUT2D eigenvalue weighted by Crippen LogP contribution is -2.18. The number of benzene rings is 1. The van der Waals surface area contributed by atoms with Gasteiger partial charge in [-0.05, 0) is 37.3 Å². The topological polar surface area (TPSA) is 88.1 Å². The molecule has 1 aliphatic rings. The molecule has 4 rings (SSSR count). The maximum Gasteiger partial charge on any atom is 0.416 e. The Labute approximate surface area is 180 Å². The molecule has 0 fully saturated rings. The first-order valence-corrected chi connectivity index (χ1v) is 9.30. The van der Waals surface area contributed by atoms with Crippen LogP contribution >= 0.6 is 0 Å². The van der Waals surface area contributed by atoms with E-state index in [1.807, 2.05) is 11.8 Å². The minimum atomic E-state index is -4.48. The van der Waals surface area contributed by atoms with Gasteiger partial charge in [-0.25, -0.2) is 9.97 Å². The van der Waals surface area contributed by atoms with Gasteiger partial charge in [-0.3, -0.25) is 9.78 Å². The van der Waals surface area contributed by atoms with Crippen LogP contribution in [-0.4, -0.2) is 25.1 Å². The molecule has 0 atom stereocenters. The summed E-state index contributed by atoms with van der Waals surface area (Å²) in [7, 11) is 0. The third-order valence-electron chi connectivity index (χ3n) is 4.57. The molecule has 0 bridgehead atoms. The van der Waals surface area contributed by atoms with E-state index in [2.05, 4.69) is 32.8 Å². The molecule has 160 valence electrons. The summed E-state index contributed by atoms with van der Waals surface area (Å²) in [6, 6.07) is 7.86. The van der Waals surface area contributed by atoms with Crippen LogP contribution in [0.3, 0.4) is 0 Å². The van der Waals surface area contributed by atoms with Crippen molar-refractivity contribution < 1.29 is 22.2 Å². The second-order valence-electron chi connectivity index (χ2n) is 6.68. The van der Waals surface area contributed by atoms with Crippen LogP contribution in [0, 0.1) is 6.92 Å². The minimum absolute atomic E-state index is 0.0522. The van der Waals surface area contributed by atoms with Crippen molar-refractivity contribution in [2.45, 2.75) is 26.2 Å².